The maximum atomic E-state index is 11.3. The molecule has 1 atom stereocenters. The summed E-state index contributed by atoms with van der Waals surface area (Å²) in [5, 5.41) is 3.33. The number of carbonyl (C=O) groups is 1. The number of hydrogen-bond acceptors (Lipinski definition) is 3. The zero-order valence-electron chi connectivity index (χ0n) is 9.34. The van der Waals surface area contributed by atoms with Gasteiger partial charge in [-0.15, -0.1) is 0 Å². The van der Waals surface area contributed by atoms with Crippen molar-refractivity contribution in [3.8, 4) is 0 Å². The topological polar surface area (TPSA) is 58.4 Å². The summed E-state index contributed by atoms with van der Waals surface area (Å²) in [6, 6.07) is -0.118. The van der Waals surface area contributed by atoms with Gasteiger partial charge in [0, 0.05) is 25.2 Å². The highest BCUT2D eigenvalue weighted by Crippen LogP contribution is 2.20. The molecule has 1 rings (SSSR count). The molecule has 14 heavy (non-hydrogen) atoms. The predicted octanol–water partition coefficient (Wildman–Crippen LogP) is -0.0659. The summed E-state index contributed by atoms with van der Waals surface area (Å²) in [7, 11) is 0. The SMILES string of the molecule is CCC(C(N)=O)N1CCNCC1(C)C. The van der Waals surface area contributed by atoms with Crippen LogP contribution < -0.4 is 11.1 Å². The van der Waals surface area contributed by atoms with Gasteiger partial charge in [0.05, 0.1) is 6.04 Å². The average Bonchev–Trinajstić information content (AvgIpc) is 2.08. The van der Waals surface area contributed by atoms with E-state index in [1.165, 1.54) is 0 Å². The van der Waals surface area contributed by atoms with Gasteiger partial charge in [0.15, 0.2) is 0 Å². The smallest absolute Gasteiger partial charge is 0.234 e. The van der Waals surface area contributed by atoms with E-state index in [1.807, 2.05) is 6.92 Å². The van der Waals surface area contributed by atoms with Crippen molar-refractivity contribution < 1.29 is 4.79 Å². The van der Waals surface area contributed by atoms with Crippen LogP contribution in [-0.4, -0.2) is 42.0 Å². The van der Waals surface area contributed by atoms with E-state index in [1.54, 1.807) is 0 Å². The van der Waals surface area contributed by atoms with Crippen LogP contribution >= 0.6 is 0 Å². The molecule has 4 nitrogen and oxygen atoms in total. The van der Waals surface area contributed by atoms with Crippen molar-refractivity contribution in [2.45, 2.75) is 38.8 Å². The molecule has 1 saturated heterocycles. The van der Waals surface area contributed by atoms with Crippen LogP contribution in [0.25, 0.3) is 0 Å². The zero-order valence-corrected chi connectivity index (χ0v) is 9.34. The molecule has 0 bridgehead atoms. The second-order valence-corrected chi connectivity index (χ2v) is 4.51. The Morgan fingerprint density at radius 3 is 2.71 bits per heavy atom. The second-order valence-electron chi connectivity index (χ2n) is 4.51. The third-order valence-electron chi connectivity index (χ3n) is 2.96. The van der Waals surface area contributed by atoms with Crippen molar-refractivity contribution in [1.82, 2.24) is 10.2 Å². The molecule has 1 aliphatic rings. The van der Waals surface area contributed by atoms with Gasteiger partial charge in [0.25, 0.3) is 0 Å². The number of hydrogen-bond donors (Lipinski definition) is 2. The Morgan fingerprint density at radius 1 is 1.64 bits per heavy atom. The van der Waals surface area contributed by atoms with Crippen molar-refractivity contribution >= 4 is 5.91 Å². The van der Waals surface area contributed by atoms with Gasteiger partial charge in [0.2, 0.25) is 5.91 Å². The van der Waals surface area contributed by atoms with Crippen molar-refractivity contribution in [3.63, 3.8) is 0 Å². The van der Waals surface area contributed by atoms with Crippen LogP contribution in [0.15, 0.2) is 0 Å². The maximum Gasteiger partial charge on any atom is 0.234 e. The molecule has 0 saturated carbocycles. The first-order valence-corrected chi connectivity index (χ1v) is 5.26. The summed E-state index contributed by atoms with van der Waals surface area (Å²) in [5.41, 5.74) is 5.42. The second kappa shape index (κ2) is 4.28. The van der Waals surface area contributed by atoms with E-state index in [9.17, 15) is 4.79 Å². The number of rotatable bonds is 3. The van der Waals surface area contributed by atoms with E-state index in [0.717, 1.165) is 26.1 Å². The van der Waals surface area contributed by atoms with Crippen molar-refractivity contribution in [2.24, 2.45) is 5.73 Å². The Balaban J connectivity index is 2.76. The average molecular weight is 199 g/mol. The minimum atomic E-state index is -0.206. The fraction of sp³-hybridized carbons (Fsp3) is 0.900. The van der Waals surface area contributed by atoms with E-state index >= 15 is 0 Å². The van der Waals surface area contributed by atoms with Crippen LogP contribution in [0.1, 0.15) is 27.2 Å². The Bertz CT molecular complexity index is 215. The number of nitrogens with two attached hydrogens (primary N) is 1. The summed E-state index contributed by atoms with van der Waals surface area (Å²) in [5.74, 6) is -0.206. The molecule has 0 aromatic heterocycles. The molecule has 1 fully saturated rings. The standard InChI is InChI=1S/C10H21N3O/c1-4-8(9(11)14)13-6-5-12-7-10(13,2)3/h8,12H,4-7H2,1-3H3,(H2,11,14). The maximum absolute atomic E-state index is 11.3. The molecule has 4 heteroatoms. The van der Waals surface area contributed by atoms with Crippen LogP contribution in [0.4, 0.5) is 0 Å². The lowest BCUT2D eigenvalue weighted by molar-refractivity contribution is -0.126. The fourth-order valence-electron chi connectivity index (χ4n) is 2.15. The molecule has 82 valence electrons. The monoisotopic (exact) mass is 199 g/mol. The highest BCUT2D eigenvalue weighted by atomic mass is 16.1. The Kier molecular flexibility index (Phi) is 3.50. The largest absolute Gasteiger partial charge is 0.368 e. The lowest BCUT2D eigenvalue weighted by Gasteiger charge is -2.46. The Morgan fingerprint density at radius 2 is 2.29 bits per heavy atom. The van der Waals surface area contributed by atoms with E-state index in [2.05, 4.69) is 24.1 Å². The molecule has 0 aromatic rings. The van der Waals surface area contributed by atoms with Gasteiger partial charge >= 0.3 is 0 Å². The van der Waals surface area contributed by atoms with Crippen molar-refractivity contribution in [3.05, 3.63) is 0 Å². The first-order chi connectivity index (χ1) is 6.49. The summed E-state index contributed by atoms with van der Waals surface area (Å²) >= 11 is 0. The predicted molar refractivity (Wildman–Crippen MR) is 56.9 cm³/mol. The first-order valence-electron chi connectivity index (χ1n) is 5.26. The minimum absolute atomic E-state index is 0.0218. The summed E-state index contributed by atoms with van der Waals surface area (Å²) in [6.45, 7) is 9.04. The number of amides is 1. The van der Waals surface area contributed by atoms with Gasteiger partial charge in [-0.1, -0.05) is 6.92 Å². The van der Waals surface area contributed by atoms with Gasteiger partial charge in [0.1, 0.15) is 0 Å². The van der Waals surface area contributed by atoms with Crippen LogP contribution in [0.2, 0.25) is 0 Å². The third-order valence-corrected chi connectivity index (χ3v) is 2.96. The number of piperazine rings is 1. The van der Waals surface area contributed by atoms with Crippen LogP contribution in [0.5, 0.6) is 0 Å². The van der Waals surface area contributed by atoms with Crippen LogP contribution in [0, 0.1) is 0 Å². The molecule has 0 aliphatic carbocycles. The van der Waals surface area contributed by atoms with Gasteiger partial charge in [-0.05, 0) is 20.3 Å². The number of carbonyl (C=O) groups excluding carboxylic acids is 1. The molecule has 3 N–H and O–H groups in total. The van der Waals surface area contributed by atoms with E-state index in [4.69, 9.17) is 5.73 Å². The molecule has 0 spiro atoms. The number of nitrogens with zero attached hydrogens (tertiary/aromatic N) is 1. The van der Waals surface area contributed by atoms with E-state index in [-0.39, 0.29) is 17.5 Å². The molecular weight excluding hydrogens is 178 g/mol. The van der Waals surface area contributed by atoms with Gasteiger partial charge < -0.3 is 11.1 Å². The number of nitrogens with one attached hydrogen (secondary N) is 1. The highest BCUT2D eigenvalue weighted by Gasteiger charge is 2.36. The molecule has 0 radical (unpaired) electrons. The van der Waals surface area contributed by atoms with Crippen LogP contribution in [0.3, 0.4) is 0 Å². The van der Waals surface area contributed by atoms with E-state index in [0.29, 0.717) is 0 Å². The molecule has 0 aromatic carbocycles. The summed E-state index contributed by atoms with van der Waals surface area (Å²) in [6.07, 6.45) is 0.790. The summed E-state index contributed by atoms with van der Waals surface area (Å²) in [4.78, 5) is 13.5. The van der Waals surface area contributed by atoms with Gasteiger partial charge in [-0.25, -0.2) is 0 Å². The molecule has 1 heterocycles. The summed E-state index contributed by atoms with van der Waals surface area (Å²) < 4.78 is 0. The third kappa shape index (κ3) is 2.25. The zero-order chi connectivity index (χ0) is 10.8. The normalized spacial score (nSPS) is 24.5. The van der Waals surface area contributed by atoms with Crippen molar-refractivity contribution in [2.75, 3.05) is 19.6 Å². The number of primary amides is 1. The highest BCUT2D eigenvalue weighted by molar-refractivity contribution is 5.79. The van der Waals surface area contributed by atoms with E-state index < -0.39 is 0 Å². The first kappa shape index (κ1) is 11.5. The quantitative estimate of drug-likeness (QED) is 0.669. The Hall–Kier alpha value is -0.610. The Labute approximate surface area is 85.8 Å². The molecular formula is C10H21N3O. The fourth-order valence-corrected chi connectivity index (χ4v) is 2.15. The van der Waals surface area contributed by atoms with Gasteiger partial charge in [-0.3, -0.25) is 9.69 Å². The minimum Gasteiger partial charge on any atom is -0.368 e. The van der Waals surface area contributed by atoms with Crippen molar-refractivity contribution in [1.29, 1.82) is 0 Å². The lowest BCUT2D eigenvalue weighted by Crippen LogP contribution is -2.63. The molecule has 1 amide bonds. The molecule has 1 aliphatic heterocycles. The lowest BCUT2D eigenvalue weighted by atomic mass is 9.96. The van der Waals surface area contributed by atoms with Crippen LogP contribution in [-0.2, 0) is 4.79 Å². The van der Waals surface area contributed by atoms with Gasteiger partial charge in [-0.2, -0.15) is 0 Å². The molecule has 1 unspecified atom stereocenters.